The summed E-state index contributed by atoms with van der Waals surface area (Å²) in [6.45, 7) is 3.40. The summed E-state index contributed by atoms with van der Waals surface area (Å²) >= 11 is 0. The number of unbranched alkanes of at least 4 members (excludes halogenated alkanes) is 1. The van der Waals surface area contributed by atoms with Crippen LogP contribution in [0.5, 0.6) is 0 Å². The molecule has 0 aromatic heterocycles. The van der Waals surface area contributed by atoms with Crippen molar-refractivity contribution in [3.05, 3.63) is 65.2 Å². The van der Waals surface area contributed by atoms with Crippen molar-refractivity contribution >= 4 is 42.3 Å². The molecule has 3 saturated carbocycles. The number of carbonyl (C=O) groups is 5. The van der Waals surface area contributed by atoms with Gasteiger partial charge in [0.2, 0.25) is 17.7 Å². The molecule has 5 aliphatic rings. The average molecular weight is 891 g/mol. The van der Waals surface area contributed by atoms with Crippen LogP contribution in [0, 0.1) is 11.8 Å². The van der Waals surface area contributed by atoms with Gasteiger partial charge in [-0.3, -0.25) is 24.0 Å². The van der Waals surface area contributed by atoms with Gasteiger partial charge in [0, 0.05) is 29.6 Å². The molecule has 2 heterocycles. The molecule has 3 aliphatic carbocycles. The maximum absolute atomic E-state index is 13.5. The molecule has 5 amide bonds. The number of hydrogen-bond acceptors (Lipinski definition) is 17. The molecular formula is C41H63BN14O8. The zero-order chi connectivity index (χ0) is 46.2. The van der Waals surface area contributed by atoms with E-state index in [0.29, 0.717) is 44.8 Å². The standard InChI is InChI=1S/C41H63BN14O8/c1-40-29-19-25(41(29)55-56-41)20-30(40)63-42(64-40)39(48)54-36(60)27(6-2-3-16-43)51-38(62)32(46)53-37(61)31(33(47)57)52-35(59)28(15-18-45)50-34(58)24-11-7-23(8-12-24)21-49-26-13-9-22(10-14-26)5-4-17-44/h7-14,25,27-33,39,49,57H,2-6,15-21,43-48H2,1H3,(H,50,58)(H,51,62)(H,52,59)(H,53,61)(H,54,60). The first-order valence-electron chi connectivity index (χ1n) is 21.9. The molecule has 10 unspecified atom stereocenters. The van der Waals surface area contributed by atoms with E-state index in [0.717, 1.165) is 30.5 Å². The molecule has 22 nitrogen and oxygen atoms in total. The van der Waals surface area contributed by atoms with E-state index in [4.69, 9.17) is 43.7 Å². The Bertz CT molecular complexity index is 1990. The van der Waals surface area contributed by atoms with E-state index < -0.39 is 84.5 Å². The third kappa shape index (κ3) is 11.2. The van der Waals surface area contributed by atoms with Crippen LogP contribution in [0.4, 0.5) is 5.69 Å². The second-order valence-electron chi connectivity index (χ2n) is 17.1. The van der Waals surface area contributed by atoms with E-state index in [-0.39, 0.29) is 37.0 Å². The lowest BCUT2D eigenvalue weighted by atomic mass is 9.51. The summed E-state index contributed by atoms with van der Waals surface area (Å²) in [6, 6.07) is 9.52. The van der Waals surface area contributed by atoms with Crippen molar-refractivity contribution in [3.8, 4) is 0 Å². The molecule has 4 fully saturated rings. The number of benzene rings is 2. The van der Waals surface area contributed by atoms with E-state index in [1.54, 1.807) is 24.3 Å². The van der Waals surface area contributed by atoms with Crippen LogP contribution >= 0.6 is 0 Å². The Labute approximate surface area is 372 Å². The zero-order valence-electron chi connectivity index (χ0n) is 36.0. The molecule has 64 heavy (non-hydrogen) atoms. The number of aliphatic hydroxyl groups is 1. The van der Waals surface area contributed by atoms with Gasteiger partial charge in [0.1, 0.15) is 30.4 Å². The van der Waals surface area contributed by atoms with Gasteiger partial charge in [-0.2, -0.15) is 10.2 Å². The highest BCUT2D eigenvalue weighted by Crippen LogP contribution is 2.68. The fraction of sp³-hybridized carbons (Fsp3) is 0.585. The number of carbonyl (C=O) groups excluding carboxylic acids is 5. The summed E-state index contributed by atoms with van der Waals surface area (Å²) in [4.78, 5) is 66.8. The largest absolute Gasteiger partial charge is 0.497 e. The smallest absolute Gasteiger partial charge is 0.403 e. The Hall–Kier alpha value is -5.11. The highest BCUT2D eigenvalue weighted by molar-refractivity contribution is 6.47. The van der Waals surface area contributed by atoms with Crippen LogP contribution in [0.25, 0.3) is 0 Å². The van der Waals surface area contributed by atoms with Gasteiger partial charge in [-0.15, -0.1) is 0 Å². The molecule has 23 heteroatoms. The molecule has 2 aromatic carbocycles. The third-order valence-electron chi connectivity index (χ3n) is 12.6. The summed E-state index contributed by atoms with van der Waals surface area (Å²) in [5, 5.41) is 34.6. The quantitative estimate of drug-likeness (QED) is 0.0288. The molecule has 2 aliphatic heterocycles. The Balaban J connectivity index is 0.985. The summed E-state index contributed by atoms with van der Waals surface area (Å²) in [5.74, 6) is -3.88. The Morgan fingerprint density at radius 1 is 0.766 bits per heavy atom. The Morgan fingerprint density at radius 2 is 1.42 bits per heavy atom. The van der Waals surface area contributed by atoms with Crippen LogP contribution in [0.1, 0.15) is 73.4 Å². The van der Waals surface area contributed by atoms with Gasteiger partial charge in [-0.05, 0) is 113 Å². The van der Waals surface area contributed by atoms with E-state index in [1.807, 2.05) is 31.2 Å². The number of aliphatic hydroxyl groups excluding tert-OH is 1. The molecule has 1 spiro atoms. The topological polar surface area (TPSA) is 377 Å². The van der Waals surface area contributed by atoms with Crippen molar-refractivity contribution in [2.45, 2.75) is 119 Å². The lowest BCUT2D eigenvalue weighted by molar-refractivity contribution is -0.145. The number of hydrogen-bond donors (Lipinski definition) is 13. The first kappa shape index (κ1) is 48.4. The third-order valence-corrected chi connectivity index (χ3v) is 12.6. The van der Waals surface area contributed by atoms with E-state index in [1.165, 1.54) is 5.56 Å². The molecule has 7 rings (SSSR count). The van der Waals surface area contributed by atoms with Crippen LogP contribution in [0.15, 0.2) is 58.8 Å². The van der Waals surface area contributed by atoms with Gasteiger partial charge >= 0.3 is 7.12 Å². The maximum Gasteiger partial charge on any atom is 0.497 e. The number of anilines is 1. The second-order valence-corrected chi connectivity index (χ2v) is 17.1. The fourth-order valence-electron chi connectivity index (χ4n) is 8.68. The molecule has 0 radical (unpaired) electrons. The van der Waals surface area contributed by atoms with E-state index in [9.17, 15) is 29.1 Å². The van der Waals surface area contributed by atoms with Crippen LogP contribution in [-0.2, 0) is 41.5 Å². The van der Waals surface area contributed by atoms with E-state index >= 15 is 0 Å². The lowest BCUT2D eigenvalue weighted by Crippen LogP contribution is -2.66. The zero-order valence-corrected chi connectivity index (χ0v) is 36.0. The number of nitrogens with one attached hydrogen (secondary N) is 6. The molecule has 348 valence electrons. The van der Waals surface area contributed by atoms with Crippen LogP contribution in [0.3, 0.4) is 0 Å². The molecule has 2 aromatic rings. The number of nitrogens with two attached hydrogens (primary N) is 6. The van der Waals surface area contributed by atoms with Crippen LogP contribution < -0.4 is 66.3 Å². The molecule has 19 N–H and O–H groups in total. The number of amides is 5. The number of rotatable bonds is 24. The predicted molar refractivity (Wildman–Crippen MR) is 236 cm³/mol. The Kier molecular flexibility index (Phi) is 16.1. The molecule has 10 atom stereocenters. The van der Waals surface area contributed by atoms with Gasteiger partial charge in [0.25, 0.3) is 11.8 Å². The van der Waals surface area contributed by atoms with Gasteiger partial charge in [-0.1, -0.05) is 24.3 Å². The minimum absolute atomic E-state index is 0.0236. The summed E-state index contributed by atoms with van der Waals surface area (Å²) in [7, 11) is -0.968. The summed E-state index contributed by atoms with van der Waals surface area (Å²) in [5.41, 5.74) is 37.3. The minimum Gasteiger partial charge on any atom is -0.403 e. The summed E-state index contributed by atoms with van der Waals surface area (Å²) < 4.78 is 12.5. The van der Waals surface area contributed by atoms with Crippen molar-refractivity contribution in [3.63, 3.8) is 0 Å². The first-order chi connectivity index (χ1) is 30.6. The maximum atomic E-state index is 13.5. The van der Waals surface area contributed by atoms with Crippen molar-refractivity contribution < 1.29 is 38.4 Å². The van der Waals surface area contributed by atoms with E-state index in [2.05, 4.69) is 42.1 Å². The van der Waals surface area contributed by atoms with Crippen LogP contribution in [-0.4, -0.2) is 115 Å². The van der Waals surface area contributed by atoms with Crippen molar-refractivity contribution in [2.24, 2.45) is 56.5 Å². The molecule has 1 saturated heterocycles. The first-order valence-corrected chi connectivity index (χ1v) is 21.9. The lowest BCUT2D eigenvalue weighted by Gasteiger charge is -2.56. The molecular weight excluding hydrogens is 827 g/mol. The monoisotopic (exact) mass is 891 g/mol. The predicted octanol–water partition coefficient (Wildman–Crippen LogP) is -2.78. The van der Waals surface area contributed by atoms with Gasteiger partial charge in [0.05, 0.1) is 11.7 Å². The Morgan fingerprint density at radius 3 is 2.06 bits per heavy atom. The van der Waals surface area contributed by atoms with Crippen molar-refractivity contribution in [1.29, 1.82) is 0 Å². The highest BCUT2D eigenvalue weighted by atomic mass is 16.7. The van der Waals surface area contributed by atoms with Gasteiger partial charge < -0.3 is 80.7 Å². The molecule has 2 bridgehead atoms. The summed E-state index contributed by atoms with van der Waals surface area (Å²) in [6.07, 6.45) is 0.576. The van der Waals surface area contributed by atoms with Gasteiger partial charge in [-0.25, -0.2) is 0 Å². The highest BCUT2D eigenvalue weighted by Gasteiger charge is 2.76. The van der Waals surface area contributed by atoms with Crippen molar-refractivity contribution in [1.82, 2.24) is 26.6 Å². The second kappa shape index (κ2) is 21.3. The fourth-order valence-corrected chi connectivity index (χ4v) is 8.68. The van der Waals surface area contributed by atoms with Crippen LogP contribution in [0.2, 0.25) is 0 Å². The minimum atomic E-state index is -1.96. The normalized spacial score (nSPS) is 23.9. The van der Waals surface area contributed by atoms with Crippen molar-refractivity contribution in [2.75, 3.05) is 25.0 Å². The van der Waals surface area contributed by atoms with Gasteiger partial charge in [0.15, 0.2) is 11.8 Å². The number of nitrogens with zero attached hydrogens (tertiary/aromatic N) is 2. The number of aryl methyl sites for hydroxylation is 1. The average Bonchev–Trinajstić information content (AvgIpc) is 4.03. The SMILES string of the molecule is CC12OB(C(N)NC(=O)C(CCCCN)NC(=O)C(N)NC(=O)C(NC(=O)C(CCN)NC(=O)c3ccc(CNc4ccc(CCCN)cc4)cc3)C(N)O)OC1CC1CC2C12N=N2.